The minimum Gasteiger partial charge on any atom is -0.399 e. The van der Waals surface area contributed by atoms with Gasteiger partial charge in [-0.25, -0.2) is 4.79 Å². The van der Waals surface area contributed by atoms with Crippen LogP contribution in [0, 0.1) is 0 Å². The molecule has 4 nitrogen and oxygen atoms in total. The maximum Gasteiger partial charge on any atom is 0.319 e. The Hall–Kier alpha value is -1.91. The van der Waals surface area contributed by atoms with Crippen LogP contribution >= 0.6 is 23.2 Å². The second-order valence-electron chi connectivity index (χ2n) is 4.21. The van der Waals surface area contributed by atoms with Crippen LogP contribution < -0.4 is 16.4 Å². The number of nitrogens with one attached hydrogen (secondary N) is 2. The molecule has 4 N–H and O–H groups in total. The van der Waals surface area contributed by atoms with Crippen molar-refractivity contribution in [3.8, 4) is 0 Å². The van der Waals surface area contributed by atoms with Crippen LogP contribution in [0.4, 0.5) is 16.2 Å². The van der Waals surface area contributed by atoms with E-state index in [4.69, 9.17) is 28.9 Å². The lowest BCUT2D eigenvalue weighted by Gasteiger charge is -2.08. The Kier molecular flexibility index (Phi) is 4.71. The molecule has 0 saturated heterocycles. The molecule has 0 heterocycles. The van der Waals surface area contributed by atoms with Gasteiger partial charge in [-0.05, 0) is 35.9 Å². The van der Waals surface area contributed by atoms with Gasteiger partial charge in [-0.3, -0.25) is 0 Å². The molecule has 2 rings (SSSR count). The highest BCUT2D eigenvalue weighted by molar-refractivity contribution is 6.35. The fraction of sp³-hybridized carbons (Fsp3) is 0.0714. The van der Waals surface area contributed by atoms with E-state index in [2.05, 4.69) is 10.6 Å². The third-order valence-corrected chi connectivity index (χ3v) is 2.99. The third-order valence-electron chi connectivity index (χ3n) is 2.55. The average molecular weight is 310 g/mol. The van der Waals surface area contributed by atoms with E-state index in [0.29, 0.717) is 28.0 Å². The molecule has 2 amide bonds. The van der Waals surface area contributed by atoms with Crippen LogP contribution in [0.2, 0.25) is 10.0 Å². The molecule has 0 unspecified atom stereocenters. The number of nitrogen functional groups attached to an aromatic ring is 1. The second-order valence-corrected chi connectivity index (χ2v) is 5.08. The van der Waals surface area contributed by atoms with Crippen molar-refractivity contribution >= 4 is 40.6 Å². The zero-order chi connectivity index (χ0) is 14.5. The fourth-order valence-corrected chi connectivity index (χ4v) is 2.15. The topological polar surface area (TPSA) is 67.1 Å². The number of rotatable bonds is 3. The molecule has 0 aromatic heterocycles. The summed E-state index contributed by atoms with van der Waals surface area (Å²) in [5, 5.41) is 6.32. The SMILES string of the molecule is Nc1ccc(CNC(=O)Nc2cc(Cl)cc(Cl)c2)cc1. The predicted octanol–water partition coefficient (Wildman–Crippen LogP) is 3.90. The zero-order valence-corrected chi connectivity index (χ0v) is 12.0. The van der Waals surface area contributed by atoms with Gasteiger partial charge in [-0.1, -0.05) is 35.3 Å². The minimum atomic E-state index is -0.333. The van der Waals surface area contributed by atoms with Gasteiger partial charge < -0.3 is 16.4 Å². The van der Waals surface area contributed by atoms with E-state index < -0.39 is 0 Å². The van der Waals surface area contributed by atoms with Crippen molar-refractivity contribution < 1.29 is 4.79 Å². The Morgan fingerprint density at radius 2 is 1.65 bits per heavy atom. The number of carbonyl (C=O) groups excluding carboxylic acids is 1. The monoisotopic (exact) mass is 309 g/mol. The zero-order valence-electron chi connectivity index (χ0n) is 10.5. The van der Waals surface area contributed by atoms with Crippen LogP contribution in [-0.2, 0) is 6.54 Å². The summed E-state index contributed by atoms with van der Waals surface area (Å²) < 4.78 is 0. The lowest BCUT2D eigenvalue weighted by atomic mass is 10.2. The van der Waals surface area contributed by atoms with Gasteiger partial charge in [0.2, 0.25) is 0 Å². The van der Waals surface area contributed by atoms with Gasteiger partial charge in [0.25, 0.3) is 0 Å². The van der Waals surface area contributed by atoms with E-state index in [-0.39, 0.29) is 6.03 Å². The summed E-state index contributed by atoms with van der Waals surface area (Å²) in [5.41, 5.74) is 7.77. The molecule has 0 aliphatic rings. The molecule has 0 bridgehead atoms. The number of carbonyl (C=O) groups is 1. The first-order chi connectivity index (χ1) is 9.52. The van der Waals surface area contributed by atoms with Crippen molar-refractivity contribution in [2.45, 2.75) is 6.54 Å². The Balaban J connectivity index is 1.90. The number of benzene rings is 2. The highest BCUT2D eigenvalue weighted by Crippen LogP contribution is 2.22. The van der Waals surface area contributed by atoms with Crippen molar-refractivity contribution in [2.24, 2.45) is 0 Å². The largest absolute Gasteiger partial charge is 0.399 e. The quantitative estimate of drug-likeness (QED) is 0.753. The molecular weight excluding hydrogens is 297 g/mol. The van der Waals surface area contributed by atoms with E-state index in [0.717, 1.165) is 5.56 Å². The minimum absolute atomic E-state index is 0.333. The average Bonchev–Trinajstić information content (AvgIpc) is 2.37. The third kappa shape index (κ3) is 4.33. The molecular formula is C14H13Cl2N3O. The van der Waals surface area contributed by atoms with Crippen LogP contribution in [0.25, 0.3) is 0 Å². The van der Waals surface area contributed by atoms with Gasteiger partial charge in [-0.15, -0.1) is 0 Å². The van der Waals surface area contributed by atoms with E-state index in [1.807, 2.05) is 12.1 Å². The van der Waals surface area contributed by atoms with Crippen molar-refractivity contribution in [3.05, 3.63) is 58.1 Å². The van der Waals surface area contributed by atoms with Gasteiger partial charge in [0.15, 0.2) is 0 Å². The lowest BCUT2D eigenvalue weighted by molar-refractivity contribution is 0.251. The summed E-state index contributed by atoms with van der Waals surface area (Å²) >= 11 is 11.7. The number of amides is 2. The molecule has 0 fully saturated rings. The molecule has 0 aliphatic heterocycles. The highest BCUT2D eigenvalue weighted by atomic mass is 35.5. The summed E-state index contributed by atoms with van der Waals surface area (Å²) in [7, 11) is 0. The van der Waals surface area contributed by atoms with Crippen LogP contribution in [0.15, 0.2) is 42.5 Å². The molecule has 2 aromatic carbocycles. The van der Waals surface area contributed by atoms with Gasteiger partial charge in [0, 0.05) is 28.0 Å². The molecule has 0 aliphatic carbocycles. The maximum atomic E-state index is 11.7. The van der Waals surface area contributed by atoms with Crippen molar-refractivity contribution in [2.75, 3.05) is 11.1 Å². The summed E-state index contributed by atoms with van der Waals surface area (Å²) in [6.45, 7) is 0.403. The molecule has 0 atom stereocenters. The number of halogens is 2. The number of urea groups is 1. The molecule has 2 aromatic rings. The second kappa shape index (κ2) is 6.50. The standard InChI is InChI=1S/C14H13Cl2N3O/c15-10-5-11(16)7-13(6-10)19-14(20)18-8-9-1-3-12(17)4-2-9/h1-7H,8,17H2,(H2,18,19,20). The lowest BCUT2D eigenvalue weighted by Crippen LogP contribution is -2.28. The van der Waals surface area contributed by atoms with Crippen LogP contribution in [0.5, 0.6) is 0 Å². The molecule has 20 heavy (non-hydrogen) atoms. The van der Waals surface area contributed by atoms with Crippen molar-refractivity contribution in [1.82, 2.24) is 5.32 Å². The first kappa shape index (κ1) is 14.5. The van der Waals surface area contributed by atoms with Crippen molar-refractivity contribution in [3.63, 3.8) is 0 Å². The summed E-state index contributed by atoms with van der Waals surface area (Å²) in [5.74, 6) is 0. The molecule has 0 radical (unpaired) electrons. The smallest absolute Gasteiger partial charge is 0.319 e. The van der Waals surface area contributed by atoms with Crippen LogP contribution in [0.1, 0.15) is 5.56 Å². The number of hydrogen-bond acceptors (Lipinski definition) is 2. The first-order valence-electron chi connectivity index (χ1n) is 5.88. The van der Waals surface area contributed by atoms with E-state index in [1.165, 1.54) is 0 Å². The summed E-state index contributed by atoms with van der Waals surface area (Å²) in [6.07, 6.45) is 0. The van der Waals surface area contributed by atoms with Crippen molar-refractivity contribution in [1.29, 1.82) is 0 Å². The van der Waals surface area contributed by atoms with E-state index in [1.54, 1.807) is 30.3 Å². The normalized spacial score (nSPS) is 10.1. The van der Waals surface area contributed by atoms with Gasteiger partial charge >= 0.3 is 6.03 Å². The van der Waals surface area contributed by atoms with E-state index in [9.17, 15) is 4.79 Å². The molecule has 0 saturated carbocycles. The number of hydrogen-bond donors (Lipinski definition) is 3. The Bertz CT molecular complexity index is 594. The molecule has 6 heteroatoms. The Labute approximate surface area is 126 Å². The Morgan fingerprint density at radius 1 is 1.05 bits per heavy atom. The van der Waals surface area contributed by atoms with Gasteiger partial charge in [-0.2, -0.15) is 0 Å². The molecule has 0 spiro atoms. The van der Waals surface area contributed by atoms with Gasteiger partial charge in [0.05, 0.1) is 0 Å². The number of anilines is 2. The summed E-state index contributed by atoms with van der Waals surface area (Å²) in [6, 6.07) is 11.8. The molecule has 104 valence electrons. The highest BCUT2D eigenvalue weighted by Gasteiger charge is 2.04. The van der Waals surface area contributed by atoms with Crippen LogP contribution in [-0.4, -0.2) is 6.03 Å². The van der Waals surface area contributed by atoms with Crippen LogP contribution in [0.3, 0.4) is 0 Å². The number of nitrogens with two attached hydrogens (primary N) is 1. The van der Waals surface area contributed by atoms with Gasteiger partial charge in [0.1, 0.15) is 0 Å². The fourth-order valence-electron chi connectivity index (χ4n) is 1.62. The predicted molar refractivity (Wildman–Crippen MR) is 83.2 cm³/mol. The maximum absolute atomic E-state index is 11.7. The summed E-state index contributed by atoms with van der Waals surface area (Å²) in [4.78, 5) is 11.7. The van der Waals surface area contributed by atoms with E-state index >= 15 is 0 Å². The Morgan fingerprint density at radius 3 is 2.25 bits per heavy atom. The first-order valence-corrected chi connectivity index (χ1v) is 6.64.